The number of rotatable bonds is 3. The fourth-order valence-corrected chi connectivity index (χ4v) is 2.69. The van der Waals surface area contributed by atoms with Gasteiger partial charge in [-0.15, -0.1) is 0 Å². The van der Waals surface area contributed by atoms with E-state index in [0.29, 0.717) is 23.4 Å². The lowest BCUT2D eigenvalue weighted by Gasteiger charge is -2.11. The number of nitrogens with zero attached hydrogens (tertiary/aromatic N) is 1. The molecule has 0 amide bonds. The fraction of sp³-hybridized carbons (Fsp3) is 0.118. The van der Waals surface area contributed by atoms with E-state index in [4.69, 9.17) is 10.2 Å². The van der Waals surface area contributed by atoms with Crippen LogP contribution in [-0.2, 0) is 6.54 Å². The van der Waals surface area contributed by atoms with Crippen LogP contribution >= 0.6 is 15.9 Å². The Morgan fingerprint density at radius 3 is 2.68 bits per heavy atom. The van der Waals surface area contributed by atoms with E-state index >= 15 is 0 Å². The summed E-state index contributed by atoms with van der Waals surface area (Å²) in [4.78, 5) is 0. The van der Waals surface area contributed by atoms with Crippen LogP contribution in [0.2, 0.25) is 0 Å². The van der Waals surface area contributed by atoms with Crippen molar-refractivity contribution >= 4 is 38.3 Å². The minimum Gasteiger partial charge on any atom is -0.460 e. The summed E-state index contributed by atoms with van der Waals surface area (Å²) in [5.41, 5.74) is 9.61. The Bertz CT molecular complexity index is 876. The van der Waals surface area contributed by atoms with Crippen molar-refractivity contribution in [3.8, 4) is 6.07 Å². The Kier molecular flexibility index (Phi) is 3.78. The van der Waals surface area contributed by atoms with Crippen molar-refractivity contribution in [1.29, 1.82) is 5.26 Å². The third-order valence-electron chi connectivity index (χ3n) is 3.46. The molecule has 110 valence electrons. The van der Waals surface area contributed by atoms with E-state index in [1.165, 1.54) is 0 Å². The molecule has 0 fully saturated rings. The van der Waals surface area contributed by atoms with E-state index in [1.807, 2.05) is 37.3 Å². The largest absolute Gasteiger partial charge is 0.460 e. The number of nitrogens with two attached hydrogens (primary N) is 1. The molecule has 0 spiro atoms. The van der Waals surface area contributed by atoms with Gasteiger partial charge in [-0.1, -0.05) is 28.1 Å². The van der Waals surface area contributed by atoms with Gasteiger partial charge in [0.15, 0.2) is 5.58 Å². The predicted molar refractivity (Wildman–Crippen MR) is 91.5 cm³/mol. The molecule has 0 aliphatic heterocycles. The lowest BCUT2D eigenvalue weighted by molar-refractivity contribution is 0.578. The molecular formula is C17H14BrN3O. The van der Waals surface area contributed by atoms with Crippen LogP contribution in [0.4, 0.5) is 11.4 Å². The van der Waals surface area contributed by atoms with Crippen LogP contribution in [0.1, 0.15) is 16.9 Å². The quantitative estimate of drug-likeness (QED) is 0.674. The van der Waals surface area contributed by atoms with Crippen molar-refractivity contribution in [3.63, 3.8) is 0 Å². The van der Waals surface area contributed by atoms with Crippen LogP contribution in [0.3, 0.4) is 0 Å². The number of nitrogens with one attached hydrogen (secondary N) is 1. The number of nitrogen functional groups attached to an aromatic ring is 1. The number of hydrogen-bond acceptors (Lipinski definition) is 4. The first-order chi connectivity index (χ1) is 10.6. The summed E-state index contributed by atoms with van der Waals surface area (Å²) >= 11 is 3.42. The molecule has 3 N–H and O–H groups in total. The smallest absolute Gasteiger partial charge is 0.154 e. The van der Waals surface area contributed by atoms with Crippen molar-refractivity contribution in [2.75, 3.05) is 11.1 Å². The molecule has 22 heavy (non-hydrogen) atoms. The van der Waals surface area contributed by atoms with Gasteiger partial charge < -0.3 is 15.5 Å². The van der Waals surface area contributed by atoms with Crippen LogP contribution in [0.5, 0.6) is 0 Å². The number of benzene rings is 2. The van der Waals surface area contributed by atoms with Gasteiger partial charge in [0.25, 0.3) is 0 Å². The van der Waals surface area contributed by atoms with E-state index in [1.54, 1.807) is 6.07 Å². The van der Waals surface area contributed by atoms with Crippen molar-refractivity contribution in [3.05, 3.63) is 57.8 Å². The highest BCUT2D eigenvalue weighted by Crippen LogP contribution is 2.34. The third-order valence-corrected chi connectivity index (χ3v) is 3.99. The first kappa shape index (κ1) is 14.5. The molecule has 0 saturated heterocycles. The average molecular weight is 356 g/mol. The maximum Gasteiger partial charge on any atom is 0.154 e. The SMILES string of the molecule is Cc1cc2c(NCc3ccc(Br)cc3)c(N)cc(C#N)c2o1. The number of nitriles is 1. The maximum absolute atomic E-state index is 9.20. The van der Waals surface area contributed by atoms with Gasteiger partial charge in [-0.3, -0.25) is 0 Å². The monoisotopic (exact) mass is 355 g/mol. The Morgan fingerprint density at radius 1 is 1.27 bits per heavy atom. The third kappa shape index (κ3) is 2.66. The summed E-state index contributed by atoms with van der Waals surface area (Å²) < 4.78 is 6.67. The van der Waals surface area contributed by atoms with E-state index in [0.717, 1.165) is 26.9 Å². The van der Waals surface area contributed by atoms with Crippen molar-refractivity contribution in [1.82, 2.24) is 0 Å². The fourth-order valence-electron chi connectivity index (χ4n) is 2.42. The van der Waals surface area contributed by atoms with Gasteiger partial charge in [0, 0.05) is 16.4 Å². The molecule has 1 aromatic heterocycles. The first-order valence-corrected chi connectivity index (χ1v) is 7.59. The summed E-state index contributed by atoms with van der Waals surface area (Å²) in [7, 11) is 0. The second-order valence-corrected chi connectivity index (χ2v) is 6.00. The summed E-state index contributed by atoms with van der Waals surface area (Å²) in [6, 6.07) is 13.7. The second-order valence-electron chi connectivity index (χ2n) is 5.08. The highest BCUT2D eigenvalue weighted by Gasteiger charge is 2.14. The molecule has 2 aromatic carbocycles. The highest BCUT2D eigenvalue weighted by molar-refractivity contribution is 9.10. The normalized spacial score (nSPS) is 10.6. The molecule has 3 aromatic rings. The number of hydrogen-bond donors (Lipinski definition) is 2. The van der Waals surface area contributed by atoms with Gasteiger partial charge in [0.2, 0.25) is 0 Å². The summed E-state index contributed by atoms with van der Waals surface area (Å²) in [5.74, 6) is 0.754. The van der Waals surface area contributed by atoms with Crippen LogP contribution in [0, 0.1) is 18.3 Å². The highest BCUT2D eigenvalue weighted by atomic mass is 79.9. The lowest BCUT2D eigenvalue weighted by Crippen LogP contribution is -2.03. The molecule has 0 saturated carbocycles. The molecule has 0 unspecified atom stereocenters. The summed E-state index contributed by atoms with van der Waals surface area (Å²) in [5, 5.41) is 13.4. The number of furan rings is 1. The number of aryl methyl sites for hydroxylation is 1. The molecule has 1 heterocycles. The lowest BCUT2D eigenvalue weighted by atomic mass is 10.1. The van der Waals surface area contributed by atoms with Gasteiger partial charge in [-0.25, -0.2) is 0 Å². The second kappa shape index (κ2) is 5.74. The number of anilines is 2. The predicted octanol–water partition coefficient (Wildman–Crippen LogP) is 4.57. The Morgan fingerprint density at radius 2 is 2.00 bits per heavy atom. The molecule has 0 aliphatic carbocycles. The van der Waals surface area contributed by atoms with Gasteiger partial charge >= 0.3 is 0 Å². The van der Waals surface area contributed by atoms with Crippen LogP contribution in [0.15, 0.2) is 45.3 Å². The molecule has 5 heteroatoms. The van der Waals surface area contributed by atoms with Crippen LogP contribution < -0.4 is 11.1 Å². The molecule has 3 rings (SSSR count). The molecule has 0 bridgehead atoms. The number of fused-ring (bicyclic) bond motifs is 1. The zero-order valence-electron chi connectivity index (χ0n) is 12.0. The first-order valence-electron chi connectivity index (χ1n) is 6.79. The van der Waals surface area contributed by atoms with Gasteiger partial charge in [0.05, 0.1) is 16.9 Å². The Hall–Kier alpha value is -2.45. The van der Waals surface area contributed by atoms with E-state index in [9.17, 15) is 5.26 Å². The zero-order chi connectivity index (χ0) is 15.7. The molecular weight excluding hydrogens is 342 g/mol. The van der Waals surface area contributed by atoms with E-state index in [2.05, 4.69) is 27.3 Å². The minimum absolute atomic E-state index is 0.454. The summed E-state index contributed by atoms with van der Waals surface area (Å²) in [6.45, 7) is 2.50. The Labute approximate surface area is 136 Å². The molecule has 4 nitrogen and oxygen atoms in total. The number of halogens is 1. The van der Waals surface area contributed by atoms with E-state index in [-0.39, 0.29) is 0 Å². The topological polar surface area (TPSA) is 75.0 Å². The average Bonchev–Trinajstić information content (AvgIpc) is 2.89. The minimum atomic E-state index is 0.454. The summed E-state index contributed by atoms with van der Waals surface area (Å²) in [6.07, 6.45) is 0. The zero-order valence-corrected chi connectivity index (χ0v) is 13.6. The van der Waals surface area contributed by atoms with Crippen molar-refractivity contribution < 1.29 is 4.42 Å². The van der Waals surface area contributed by atoms with Gasteiger partial charge in [-0.2, -0.15) is 5.26 Å². The van der Waals surface area contributed by atoms with Crippen LogP contribution in [0.25, 0.3) is 11.0 Å². The molecule has 0 radical (unpaired) electrons. The van der Waals surface area contributed by atoms with Gasteiger partial charge in [-0.05, 0) is 36.8 Å². The van der Waals surface area contributed by atoms with Gasteiger partial charge in [0.1, 0.15) is 11.8 Å². The van der Waals surface area contributed by atoms with E-state index < -0.39 is 0 Å². The maximum atomic E-state index is 9.20. The molecule has 0 atom stereocenters. The molecule has 0 aliphatic rings. The standard InChI is InChI=1S/C17H14BrN3O/c1-10-6-14-16(15(20)7-12(8-19)17(14)22-10)21-9-11-2-4-13(18)5-3-11/h2-7,21H,9,20H2,1H3. The van der Waals surface area contributed by atoms with Crippen molar-refractivity contribution in [2.24, 2.45) is 0 Å². The Balaban J connectivity index is 1.98. The van der Waals surface area contributed by atoms with Crippen LogP contribution in [-0.4, -0.2) is 0 Å². The van der Waals surface area contributed by atoms with Crippen molar-refractivity contribution in [2.45, 2.75) is 13.5 Å².